The molecule has 1 aromatic heterocycles. The summed E-state index contributed by atoms with van der Waals surface area (Å²) in [4.78, 5) is 43.2. The average molecular weight is 558 g/mol. The monoisotopic (exact) mass is 557 g/mol. The molecule has 1 aliphatic rings. The van der Waals surface area contributed by atoms with Gasteiger partial charge in [0.2, 0.25) is 5.75 Å². The van der Waals surface area contributed by atoms with Crippen LogP contribution in [0.15, 0.2) is 88.2 Å². The Kier molecular flexibility index (Phi) is 7.30. The predicted molar refractivity (Wildman–Crippen MR) is 149 cm³/mol. The van der Waals surface area contributed by atoms with Gasteiger partial charge in [0.1, 0.15) is 0 Å². The standard InChI is InChI=1S/C29H23N3O7S/c1-3-39-28(35)23-24(18-10-6-4-7-11-18)30-29-31(25(23)19-12-8-5-9-13-19)27(34)22(40-29)16-17-14-20(32(36)37)26(33)21(15-17)38-2/h4-16,25,33H,3H2,1-2H3/b22-16-/t25-/m0/s1. The molecule has 5 rings (SSSR count). The molecule has 11 heteroatoms. The molecule has 10 nitrogen and oxygen atoms in total. The van der Waals surface area contributed by atoms with E-state index >= 15 is 0 Å². The van der Waals surface area contributed by atoms with E-state index < -0.39 is 33.9 Å². The number of ether oxygens (including phenoxy) is 2. The van der Waals surface area contributed by atoms with Crippen LogP contribution < -0.4 is 19.6 Å². The van der Waals surface area contributed by atoms with Crippen LogP contribution in [0.5, 0.6) is 11.5 Å². The molecule has 0 amide bonds. The highest BCUT2D eigenvalue weighted by Gasteiger charge is 2.35. The first-order valence-corrected chi connectivity index (χ1v) is 13.0. The van der Waals surface area contributed by atoms with Crippen molar-refractivity contribution in [3.8, 4) is 11.5 Å². The molecule has 0 bridgehead atoms. The highest BCUT2D eigenvalue weighted by atomic mass is 32.1. The number of thiazole rings is 1. The van der Waals surface area contributed by atoms with Crippen LogP contribution in [0.25, 0.3) is 11.8 Å². The molecule has 40 heavy (non-hydrogen) atoms. The Bertz CT molecular complexity index is 1830. The van der Waals surface area contributed by atoms with Crippen molar-refractivity contribution >= 4 is 34.8 Å². The number of nitro benzene ring substituents is 1. The Hall–Kier alpha value is -5.03. The van der Waals surface area contributed by atoms with E-state index in [1.165, 1.54) is 23.8 Å². The Morgan fingerprint density at radius 1 is 1.15 bits per heavy atom. The van der Waals surface area contributed by atoms with Crippen molar-refractivity contribution in [3.63, 3.8) is 0 Å². The third-order valence-electron chi connectivity index (χ3n) is 6.28. The molecule has 0 unspecified atom stereocenters. The highest BCUT2D eigenvalue weighted by molar-refractivity contribution is 7.07. The third-order valence-corrected chi connectivity index (χ3v) is 7.26. The average Bonchev–Trinajstić information content (AvgIpc) is 3.28. The fourth-order valence-electron chi connectivity index (χ4n) is 4.53. The summed E-state index contributed by atoms with van der Waals surface area (Å²) in [6, 6.07) is 20.0. The molecule has 1 atom stereocenters. The number of hydrogen-bond acceptors (Lipinski definition) is 9. The summed E-state index contributed by atoms with van der Waals surface area (Å²) in [7, 11) is 1.28. The summed E-state index contributed by atoms with van der Waals surface area (Å²) in [5.41, 5.74) is 1.25. The molecule has 0 spiro atoms. The summed E-state index contributed by atoms with van der Waals surface area (Å²) in [6.07, 6.45) is 1.47. The maximum atomic E-state index is 13.9. The lowest BCUT2D eigenvalue weighted by Gasteiger charge is -2.25. The SMILES string of the molecule is CCOC(=O)C1=C(c2ccccc2)N=c2s/c(=C\c3cc(OC)c(O)c([N+](=O)[O-])c3)c(=O)n2[C@H]1c1ccccc1. The van der Waals surface area contributed by atoms with Crippen LogP contribution in [-0.2, 0) is 9.53 Å². The molecule has 202 valence electrons. The second kappa shape index (κ2) is 11.0. The van der Waals surface area contributed by atoms with Gasteiger partial charge in [-0.05, 0) is 30.2 Å². The number of benzene rings is 3. The van der Waals surface area contributed by atoms with Gasteiger partial charge in [0.05, 0.1) is 40.5 Å². The van der Waals surface area contributed by atoms with E-state index in [0.717, 1.165) is 17.4 Å². The van der Waals surface area contributed by atoms with Crippen molar-refractivity contribution in [2.45, 2.75) is 13.0 Å². The zero-order chi connectivity index (χ0) is 28.4. The van der Waals surface area contributed by atoms with E-state index in [9.17, 15) is 24.8 Å². The molecule has 0 saturated carbocycles. The van der Waals surface area contributed by atoms with Crippen LogP contribution in [-0.4, -0.2) is 34.3 Å². The van der Waals surface area contributed by atoms with Crippen LogP contribution in [0.4, 0.5) is 5.69 Å². The molecule has 3 aromatic carbocycles. The minimum absolute atomic E-state index is 0.105. The Morgan fingerprint density at radius 2 is 1.82 bits per heavy atom. The van der Waals surface area contributed by atoms with E-state index in [0.29, 0.717) is 21.6 Å². The number of aromatic nitrogens is 1. The highest BCUT2D eigenvalue weighted by Crippen LogP contribution is 2.37. The molecule has 0 saturated heterocycles. The molecule has 0 radical (unpaired) electrons. The van der Waals surface area contributed by atoms with E-state index in [-0.39, 0.29) is 28.0 Å². The van der Waals surface area contributed by atoms with Crippen molar-refractivity contribution in [2.75, 3.05) is 13.7 Å². The van der Waals surface area contributed by atoms with Gasteiger partial charge in [-0.15, -0.1) is 0 Å². The van der Waals surface area contributed by atoms with E-state index in [4.69, 9.17) is 14.5 Å². The van der Waals surface area contributed by atoms with E-state index in [2.05, 4.69) is 0 Å². The normalized spacial score (nSPS) is 14.8. The molecule has 0 fully saturated rings. The number of hydrogen-bond donors (Lipinski definition) is 1. The number of phenolic OH excluding ortho intramolecular Hbond substituents is 1. The Labute approximate surface area is 231 Å². The quantitative estimate of drug-likeness (QED) is 0.209. The summed E-state index contributed by atoms with van der Waals surface area (Å²) < 4.78 is 12.2. The number of methoxy groups -OCH3 is 1. The number of phenols is 1. The minimum Gasteiger partial charge on any atom is -0.500 e. The fraction of sp³-hybridized carbons (Fsp3) is 0.138. The number of carbonyl (C=O) groups excluding carboxylic acids is 1. The second-order valence-corrected chi connectivity index (χ2v) is 9.70. The third kappa shape index (κ3) is 4.78. The van der Waals surface area contributed by atoms with Gasteiger partial charge >= 0.3 is 11.7 Å². The van der Waals surface area contributed by atoms with Gasteiger partial charge in [-0.1, -0.05) is 72.0 Å². The Morgan fingerprint density at radius 3 is 2.45 bits per heavy atom. The molecule has 0 aliphatic carbocycles. The zero-order valence-electron chi connectivity index (χ0n) is 21.4. The predicted octanol–water partition coefficient (Wildman–Crippen LogP) is 3.56. The van der Waals surface area contributed by atoms with Gasteiger partial charge in [-0.2, -0.15) is 0 Å². The molecule has 4 aromatic rings. The van der Waals surface area contributed by atoms with Gasteiger partial charge in [0.15, 0.2) is 10.6 Å². The van der Waals surface area contributed by atoms with Gasteiger partial charge < -0.3 is 14.6 Å². The van der Waals surface area contributed by atoms with Crippen LogP contribution in [0, 0.1) is 10.1 Å². The van der Waals surface area contributed by atoms with Gasteiger partial charge in [-0.25, -0.2) is 9.79 Å². The van der Waals surface area contributed by atoms with Gasteiger partial charge in [-0.3, -0.25) is 19.5 Å². The number of rotatable bonds is 7. The molecule has 1 N–H and O–H groups in total. The van der Waals surface area contributed by atoms with Crippen molar-refractivity contribution in [1.29, 1.82) is 0 Å². The number of carbonyl (C=O) groups is 1. The molecule has 2 heterocycles. The molecular weight excluding hydrogens is 534 g/mol. The number of nitrogens with zero attached hydrogens (tertiary/aromatic N) is 3. The van der Waals surface area contributed by atoms with E-state index in [1.807, 2.05) is 60.7 Å². The van der Waals surface area contributed by atoms with Gasteiger partial charge in [0.25, 0.3) is 5.56 Å². The van der Waals surface area contributed by atoms with Crippen molar-refractivity contribution in [3.05, 3.63) is 125 Å². The fourth-order valence-corrected chi connectivity index (χ4v) is 5.54. The van der Waals surface area contributed by atoms with E-state index in [1.54, 1.807) is 6.92 Å². The second-order valence-electron chi connectivity index (χ2n) is 8.69. The number of esters is 1. The van der Waals surface area contributed by atoms with Crippen LogP contribution in [0.2, 0.25) is 0 Å². The van der Waals surface area contributed by atoms with Crippen LogP contribution in [0.3, 0.4) is 0 Å². The number of aromatic hydroxyl groups is 1. The smallest absolute Gasteiger partial charge is 0.338 e. The Balaban J connectivity index is 1.81. The maximum absolute atomic E-state index is 13.9. The lowest BCUT2D eigenvalue weighted by molar-refractivity contribution is -0.386. The number of nitro groups is 1. The topological polar surface area (TPSA) is 133 Å². The first kappa shape index (κ1) is 26.6. The largest absolute Gasteiger partial charge is 0.500 e. The lowest BCUT2D eigenvalue weighted by atomic mass is 9.93. The first-order chi connectivity index (χ1) is 19.3. The van der Waals surface area contributed by atoms with Gasteiger partial charge in [0, 0.05) is 11.6 Å². The summed E-state index contributed by atoms with van der Waals surface area (Å²) in [5.74, 6) is -1.31. The van der Waals surface area contributed by atoms with Crippen molar-refractivity contribution in [2.24, 2.45) is 4.99 Å². The number of fused-ring (bicyclic) bond motifs is 1. The maximum Gasteiger partial charge on any atom is 0.338 e. The minimum atomic E-state index is -0.836. The van der Waals surface area contributed by atoms with Crippen LogP contribution >= 0.6 is 11.3 Å². The summed E-state index contributed by atoms with van der Waals surface area (Å²) in [5, 5.41) is 21.6. The molecular formula is C29H23N3O7S. The molecule has 1 aliphatic heterocycles. The summed E-state index contributed by atoms with van der Waals surface area (Å²) >= 11 is 1.08. The first-order valence-electron chi connectivity index (χ1n) is 12.2. The van der Waals surface area contributed by atoms with Crippen molar-refractivity contribution in [1.82, 2.24) is 4.57 Å². The summed E-state index contributed by atoms with van der Waals surface area (Å²) in [6.45, 7) is 1.84. The lowest BCUT2D eigenvalue weighted by Crippen LogP contribution is -2.39. The zero-order valence-corrected chi connectivity index (χ0v) is 22.3. The van der Waals surface area contributed by atoms with Crippen LogP contribution in [0.1, 0.15) is 29.7 Å². The van der Waals surface area contributed by atoms with Crippen molar-refractivity contribution < 1.29 is 24.3 Å².